The molecule has 4 heteroatoms. The van der Waals surface area contributed by atoms with Crippen molar-refractivity contribution in [2.75, 3.05) is 4.90 Å². The number of nitrogens with zero attached hydrogens (tertiary/aromatic N) is 1. The molecule has 0 aromatic heterocycles. The van der Waals surface area contributed by atoms with Crippen LogP contribution in [0.25, 0.3) is 0 Å². The van der Waals surface area contributed by atoms with Crippen LogP contribution in [0.4, 0.5) is 5.69 Å². The van der Waals surface area contributed by atoms with Crippen LogP contribution in [0.1, 0.15) is 23.0 Å². The summed E-state index contributed by atoms with van der Waals surface area (Å²) in [4.78, 5) is 28.4. The van der Waals surface area contributed by atoms with E-state index in [0.717, 1.165) is 11.1 Å². The molecule has 2 amide bonds. The average Bonchev–Trinajstić information content (AvgIpc) is 3.06. The second-order valence-corrected chi connectivity index (χ2v) is 7.81. The van der Waals surface area contributed by atoms with Crippen LogP contribution in [-0.4, -0.2) is 16.9 Å². The first-order valence-corrected chi connectivity index (χ1v) is 10.1. The number of aromatic hydroxyl groups is 1. The lowest BCUT2D eigenvalue weighted by Gasteiger charge is -2.32. The Kier molecular flexibility index (Phi) is 4.47. The minimum atomic E-state index is -0.519. The Morgan fingerprint density at radius 2 is 1.03 bits per heavy atom. The molecule has 1 aliphatic heterocycles. The number of hydrogen-bond acceptors (Lipinski definition) is 3. The molecule has 4 atom stereocenters. The van der Waals surface area contributed by atoms with E-state index < -0.39 is 11.8 Å². The third-order valence-electron chi connectivity index (χ3n) is 6.19. The Labute approximate surface area is 175 Å². The van der Waals surface area contributed by atoms with E-state index in [9.17, 15) is 14.7 Å². The third kappa shape index (κ3) is 2.84. The number of benzene rings is 3. The molecule has 5 rings (SSSR count). The average molecular weight is 395 g/mol. The van der Waals surface area contributed by atoms with Crippen LogP contribution in [0.2, 0.25) is 0 Å². The lowest BCUT2D eigenvalue weighted by Crippen LogP contribution is -2.31. The van der Waals surface area contributed by atoms with E-state index in [1.165, 1.54) is 11.0 Å². The molecule has 1 N–H and O–H groups in total. The quantitative estimate of drug-likeness (QED) is 0.519. The molecule has 4 nitrogen and oxygen atoms in total. The molecule has 1 heterocycles. The molecule has 0 saturated carbocycles. The van der Waals surface area contributed by atoms with Gasteiger partial charge in [0.25, 0.3) is 0 Å². The first kappa shape index (κ1) is 18.4. The highest BCUT2D eigenvalue weighted by molar-refractivity contribution is 6.23. The van der Waals surface area contributed by atoms with Gasteiger partial charge in [-0.3, -0.25) is 9.59 Å². The molecule has 1 saturated heterocycles. The van der Waals surface area contributed by atoms with E-state index in [1.807, 2.05) is 60.7 Å². The van der Waals surface area contributed by atoms with E-state index in [4.69, 9.17) is 0 Å². The molecule has 148 valence electrons. The second kappa shape index (κ2) is 7.30. The van der Waals surface area contributed by atoms with Crippen LogP contribution >= 0.6 is 0 Å². The fourth-order valence-electron chi connectivity index (χ4n) is 4.82. The predicted octanol–water partition coefficient (Wildman–Crippen LogP) is 4.64. The van der Waals surface area contributed by atoms with Crippen molar-refractivity contribution in [1.82, 2.24) is 0 Å². The molecule has 0 unspecified atom stereocenters. The van der Waals surface area contributed by atoms with Crippen LogP contribution in [0.15, 0.2) is 97.1 Å². The molecule has 0 bridgehead atoms. The minimum Gasteiger partial charge on any atom is -0.506 e. The van der Waals surface area contributed by atoms with Crippen LogP contribution in [0.3, 0.4) is 0 Å². The van der Waals surface area contributed by atoms with Crippen molar-refractivity contribution in [3.05, 3.63) is 108 Å². The Hall–Kier alpha value is -3.66. The largest absolute Gasteiger partial charge is 0.506 e. The number of phenols is 1. The summed E-state index contributed by atoms with van der Waals surface area (Å²) >= 11 is 0. The number of hydrogen-bond donors (Lipinski definition) is 1. The van der Waals surface area contributed by atoms with E-state index in [0.29, 0.717) is 0 Å². The van der Waals surface area contributed by atoms with Crippen molar-refractivity contribution >= 4 is 17.5 Å². The molecule has 3 aromatic carbocycles. The van der Waals surface area contributed by atoms with E-state index in [1.54, 1.807) is 18.2 Å². The van der Waals surface area contributed by atoms with Gasteiger partial charge in [-0.05, 0) is 23.3 Å². The lowest BCUT2D eigenvalue weighted by atomic mass is 9.68. The van der Waals surface area contributed by atoms with Gasteiger partial charge in [0.15, 0.2) is 0 Å². The van der Waals surface area contributed by atoms with E-state index in [2.05, 4.69) is 12.2 Å². The molecule has 1 fully saturated rings. The van der Waals surface area contributed by atoms with Gasteiger partial charge in [-0.15, -0.1) is 0 Å². The van der Waals surface area contributed by atoms with Crippen molar-refractivity contribution in [3.8, 4) is 5.75 Å². The van der Waals surface area contributed by atoms with Gasteiger partial charge in [-0.1, -0.05) is 84.9 Å². The smallest absolute Gasteiger partial charge is 0.238 e. The Morgan fingerprint density at radius 3 is 1.50 bits per heavy atom. The summed E-state index contributed by atoms with van der Waals surface area (Å²) in [7, 11) is 0. The first-order valence-electron chi connectivity index (χ1n) is 10.1. The fraction of sp³-hybridized carbons (Fsp3) is 0.154. The number of imide groups is 1. The number of carbonyl (C=O) groups is 2. The zero-order valence-electron chi connectivity index (χ0n) is 16.3. The maximum absolute atomic E-state index is 13.6. The highest BCUT2D eigenvalue weighted by Gasteiger charge is 2.55. The molecular weight excluding hydrogens is 374 g/mol. The zero-order chi connectivity index (χ0) is 20.7. The zero-order valence-corrected chi connectivity index (χ0v) is 16.3. The number of anilines is 1. The monoisotopic (exact) mass is 395 g/mol. The fourth-order valence-corrected chi connectivity index (χ4v) is 4.82. The number of amides is 2. The van der Waals surface area contributed by atoms with Crippen molar-refractivity contribution in [1.29, 1.82) is 0 Å². The maximum Gasteiger partial charge on any atom is 0.238 e. The molecular formula is C26H21NO3. The summed E-state index contributed by atoms with van der Waals surface area (Å²) in [5.74, 6) is -2.01. The number of phenolic OH excluding ortho intramolecular Hbond substituents is 1. The van der Waals surface area contributed by atoms with Crippen molar-refractivity contribution in [2.24, 2.45) is 11.8 Å². The van der Waals surface area contributed by atoms with Crippen LogP contribution in [0.5, 0.6) is 5.75 Å². The third-order valence-corrected chi connectivity index (χ3v) is 6.19. The van der Waals surface area contributed by atoms with Crippen LogP contribution < -0.4 is 4.90 Å². The van der Waals surface area contributed by atoms with Gasteiger partial charge in [0, 0.05) is 11.8 Å². The van der Waals surface area contributed by atoms with Gasteiger partial charge in [0.2, 0.25) is 11.8 Å². The topological polar surface area (TPSA) is 57.6 Å². The van der Waals surface area contributed by atoms with Crippen molar-refractivity contribution in [2.45, 2.75) is 11.8 Å². The Morgan fingerprint density at radius 1 is 0.600 bits per heavy atom. The number of rotatable bonds is 3. The molecule has 0 radical (unpaired) electrons. The number of para-hydroxylation sites is 2. The Bertz CT molecular complexity index is 1060. The molecule has 3 aromatic rings. The minimum absolute atomic E-state index is 0.0710. The predicted molar refractivity (Wildman–Crippen MR) is 115 cm³/mol. The van der Waals surface area contributed by atoms with Gasteiger partial charge in [0.05, 0.1) is 17.5 Å². The molecule has 1 aliphatic carbocycles. The number of carbonyl (C=O) groups excluding carboxylic acids is 2. The highest BCUT2D eigenvalue weighted by atomic mass is 16.3. The first-order chi connectivity index (χ1) is 14.7. The number of allylic oxidation sites excluding steroid dienone is 2. The van der Waals surface area contributed by atoms with Gasteiger partial charge in [-0.25, -0.2) is 4.90 Å². The van der Waals surface area contributed by atoms with Gasteiger partial charge >= 0.3 is 0 Å². The summed E-state index contributed by atoms with van der Waals surface area (Å²) < 4.78 is 0. The summed E-state index contributed by atoms with van der Waals surface area (Å²) in [6.07, 6.45) is 4.13. The highest BCUT2D eigenvalue weighted by Crippen LogP contribution is 2.50. The van der Waals surface area contributed by atoms with Crippen LogP contribution in [0, 0.1) is 11.8 Å². The summed E-state index contributed by atoms with van der Waals surface area (Å²) in [5, 5.41) is 10.3. The van der Waals surface area contributed by atoms with Gasteiger partial charge in [0.1, 0.15) is 5.75 Å². The standard InChI is InChI=1S/C26H21NO3/c28-22-14-8-7-13-21(22)27-25(29)23-19(17-9-3-1-4-10-17)15-16-20(24(23)26(27)30)18-11-5-2-6-12-18/h1-16,19-20,23-24,28H/t19-,20-,23+,24+/m1/s1. The van der Waals surface area contributed by atoms with Crippen molar-refractivity contribution < 1.29 is 14.7 Å². The van der Waals surface area contributed by atoms with Crippen LogP contribution in [-0.2, 0) is 9.59 Å². The van der Waals surface area contributed by atoms with Crippen molar-refractivity contribution in [3.63, 3.8) is 0 Å². The van der Waals surface area contributed by atoms with E-state index in [-0.39, 0.29) is 35.1 Å². The maximum atomic E-state index is 13.6. The molecule has 0 spiro atoms. The van der Waals surface area contributed by atoms with E-state index >= 15 is 0 Å². The molecule has 30 heavy (non-hydrogen) atoms. The summed E-state index contributed by atoms with van der Waals surface area (Å²) in [6.45, 7) is 0. The normalized spacial score (nSPS) is 25.4. The number of fused-ring (bicyclic) bond motifs is 1. The molecule has 2 aliphatic rings. The summed E-state index contributed by atoms with van der Waals surface area (Å²) in [5.41, 5.74) is 2.27. The van der Waals surface area contributed by atoms with Gasteiger partial charge < -0.3 is 5.11 Å². The van der Waals surface area contributed by atoms with Gasteiger partial charge in [-0.2, -0.15) is 0 Å². The lowest BCUT2D eigenvalue weighted by molar-refractivity contribution is -0.122. The Balaban J connectivity index is 1.65. The summed E-state index contributed by atoms with van der Waals surface area (Å²) in [6, 6.07) is 26.2. The second-order valence-electron chi connectivity index (χ2n) is 7.81. The SMILES string of the molecule is O=C1[C@@H]2[C@@H](C(=O)N1c1ccccc1O)[C@@H](c1ccccc1)C=C[C@@H]2c1ccccc1.